The van der Waals surface area contributed by atoms with Gasteiger partial charge in [0, 0.05) is 6.04 Å². The highest BCUT2D eigenvalue weighted by atomic mass is 16.4. The molecule has 2 N–H and O–H groups in total. The van der Waals surface area contributed by atoms with E-state index in [1.54, 1.807) is 0 Å². The average Bonchev–Trinajstić information content (AvgIpc) is 2.88. The maximum absolute atomic E-state index is 11.3. The molecule has 98 valence electrons. The van der Waals surface area contributed by atoms with Crippen molar-refractivity contribution in [2.24, 2.45) is 17.8 Å². The number of fused-ring (bicyclic) bond motifs is 2. The molecule has 3 heteroatoms. The van der Waals surface area contributed by atoms with Crippen LogP contribution >= 0.6 is 0 Å². The van der Waals surface area contributed by atoms with E-state index >= 15 is 0 Å². The predicted octanol–water partition coefficient (Wildman–Crippen LogP) is 2.66. The first kappa shape index (κ1) is 12.9. The Kier molecular flexibility index (Phi) is 4.43. The van der Waals surface area contributed by atoms with Gasteiger partial charge in [0.15, 0.2) is 0 Å². The molecule has 0 aliphatic heterocycles. The summed E-state index contributed by atoms with van der Waals surface area (Å²) in [6.45, 7) is 3.21. The number of rotatable bonds is 7. The number of hydrogen-bond donors (Lipinski definition) is 2. The standard InChI is InChI=1S/C14H25NO2/c1-2-3-4-5-8-15-13-11-7-6-10(9-11)12(13)14(16)17/h10-13,15H,2-9H2,1H3,(H,16,17). The van der Waals surface area contributed by atoms with Gasteiger partial charge >= 0.3 is 5.97 Å². The van der Waals surface area contributed by atoms with Crippen LogP contribution in [-0.4, -0.2) is 23.7 Å². The van der Waals surface area contributed by atoms with Gasteiger partial charge in [0.1, 0.15) is 0 Å². The van der Waals surface area contributed by atoms with Crippen molar-refractivity contribution in [1.29, 1.82) is 0 Å². The van der Waals surface area contributed by atoms with Crippen LogP contribution in [0.5, 0.6) is 0 Å². The van der Waals surface area contributed by atoms with Gasteiger partial charge in [0.25, 0.3) is 0 Å². The molecule has 4 unspecified atom stereocenters. The molecule has 2 rings (SSSR count). The summed E-state index contributed by atoms with van der Waals surface area (Å²) >= 11 is 0. The molecule has 0 spiro atoms. The lowest BCUT2D eigenvalue weighted by atomic mass is 9.84. The number of aliphatic carboxylic acids is 1. The van der Waals surface area contributed by atoms with Gasteiger partial charge < -0.3 is 10.4 Å². The van der Waals surface area contributed by atoms with E-state index in [9.17, 15) is 9.90 Å². The summed E-state index contributed by atoms with van der Waals surface area (Å²) in [5.74, 6) is 0.390. The number of carboxylic acids is 1. The normalized spacial score (nSPS) is 35.4. The van der Waals surface area contributed by atoms with E-state index in [0.717, 1.165) is 19.4 Å². The third-order valence-corrected chi connectivity index (χ3v) is 4.61. The number of carbonyl (C=O) groups is 1. The molecule has 0 aromatic rings. The summed E-state index contributed by atoms with van der Waals surface area (Å²) in [5.41, 5.74) is 0. The Bertz CT molecular complexity index is 267. The van der Waals surface area contributed by atoms with Crippen LogP contribution in [0.15, 0.2) is 0 Å². The van der Waals surface area contributed by atoms with Gasteiger partial charge in [-0.1, -0.05) is 26.2 Å². The zero-order valence-corrected chi connectivity index (χ0v) is 10.8. The molecule has 2 fully saturated rings. The fourth-order valence-electron chi connectivity index (χ4n) is 3.76. The Morgan fingerprint density at radius 2 is 2.00 bits per heavy atom. The van der Waals surface area contributed by atoms with Crippen molar-refractivity contribution in [3.63, 3.8) is 0 Å². The fraction of sp³-hybridized carbons (Fsp3) is 0.929. The van der Waals surface area contributed by atoms with Gasteiger partial charge in [-0.15, -0.1) is 0 Å². The van der Waals surface area contributed by atoms with Crippen molar-refractivity contribution >= 4 is 5.97 Å². The number of nitrogens with one attached hydrogen (secondary N) is 1. The minimum absolute atomic E-state index is 0.111. The summed E-state index contributed by atoms with van der Waals surface area (Å²) < 4.78 is 0. The zero-order chi connectivity index (χ0) is 12.3. The smallest absolute Gasteiger partial charge is 0.308 e. The quantitative estimate of drug-likeness (QED) is 0.671. The van der Waals surface area contributed by atoms with E-state index in [2.05, 4.69) is 12.2 Å². The molecule has 2 aliphatic carbocycles. The molecule has 4 atom stereocenters. The van der Waals surface area contributed by atoms with Crippen molar-refractivity contribution in [2.45, 2.75) is 57.9 Å². The summed E-state index contributed by atoms with van der Waals surface area (Å²) in [6.07, 6.45) is 8.52. The van der Waals surface area contributed by atoms with Gasteiger partial charge in [-0.05, 0) is 44.1 Å². The van der Waals surface area contributed by atoms with Crippen LogP contribution < -0.4 is 5.32 Å². The lowest BCUT2D eigenvalue weighted by molar-refractivity contribution is -0.144. The van der Waals surface area contributed by atoms with Crippen LogP contribution in [0.3, 0.4) is 0 Å². The van der Waals surface area contributed by atoms with Crippen molar-refractivity contribution in [2.75, 3.05) is 6.54 Å². The Balaban J connectivity index is 1.77. The van der Waals surface area contributed by atoms with E-state index in [1.807, 2.05) is 0 Å². The average molecular weight is 239 g/mol. The van der Waals surface area contributed by atoms with E-state index in [0.29, 0.717) is 11.8 Å². The van der Waals surface area contributed by atoms with Gasteiger partial charge in [0.2, 0.25) is 0 Å². The van der Waals surface area contributed by atoms with Crippen molar-refractivity contribution in [3.8, 4) is 0 Å². The second kappa shape index (κ2) is 5.85. The van der Waals surface area contributed by atoms with Crippen LogP contribution in [0.2, 0.25) is 0 Å². The van der Waals surface area contributed by atoms with Crippen LogP contribution in [0.4, 0.5) is 0 Å². The van der Waals surface area contributed by atoms with Crippen LogP contribution in [0.25, 0.3) is 0 Å². The summed E-state index contributed by atoms with van der Waals surface area (Å²) in [7, 11) is 0. The molecule has 0 amide bonds. The molecule has 0 heterocycles. The third-order valence-electron chi connectivity index (χ3n) is 4.61. The molecule has 2 saturated carbocycles. The lowest BCUT2D eigenvalue weighted by Gasteiger charge is -2.29. The Labute approximate surface area is 104 Å². The fourth-order valence-corrected chi connectivity index (χ4v) is 3.76. The maximum Gasteiger partial charge on any atom is 0.308 e. The predicted molar refractivity (Wildman–Crippen MR) is 67.9 cm³/mol. The van der Waals surface area contributed by atoms with E-state index in [4.69, 9.17) is 0 Å². The summed E-state index contributed by atoms with van der Waals surface area (Å²) in [6, 6.07) is 0.257. The minimum Gasteiger partial charge on any atom is -0.481 e. The molecule has 17 heavy (non-hydrogen) atoms. The summed E-state index contributed by atoms with van der Waals surface area (Å²) in [4.78, 5) is 11.3. The Morgan fingerprint density at radius 3 is 2.71 bits per heavy atom. The maximum atomic E-state index is 11.3. The molecule has 3 nitrogen and oxygen atoms in total. The van der Waals surface area contributed by atoms with Crippen molar-refractivity contribution < 1.29 is 9.90 Å². The van der Waals surface area contributed by atoms with E-state index in [-0.39, 0.29) is 12.0 Å². The second-order valence-electron chi connectivity index (χ2n) is 5.74. The molecule has 0 radical (unpaired) electrons. The highest BCUT2D eigenvalue weighted by molar-refractivity contribution is 5.72. The number of unbranched alkanes of at least 4 members (excludes halogenated alkanes) is 3. The molecule has 0 aromatic carbocycles. The number of carboxylic acid groups (broad SMARTS) is 1. The van der Waals surface area contributed by atoms with Gasteiger partial charge in [0.05, 0.1) is 5.92 Å². The molecule has 2 aliphatic rings. The molecule has 0 saturated heterocycles. The van der Waals surface area contributed by atoms with Crippen LogP contribution in [0.1, 0.15) is 51.9 Å². The SMILES string of the molecule is CCCCCCNC1C2CCC(C2)C1C(=O)O. The molecular weight excluding hydrogens is 214 g/mol. The lowest BCUT2D eigenvalue weighted by Crippen LogP contribution is -2.44. The largest absolute Gasteiger partial charge is 0.481 e. The molecule has 2 bridgehead atoms. The Hall–Kier alpha value is -0.570. The first-order valence-corrected chi connectivity index (χ1v) is 7.20. The van der Waals surface area contributed by atoms with Crippen molar-refractivity contribution in [1.82, 2.24) is 5.32 Å². The monoisotopic (exact) mass is 239 g/mol. The zero-order valence-electron chi connectivity index (χ0n) is 10.8. The van der Waals surface area contributed by atoms with Crippen molar-refractivity contribution in [3.05, 3.63) is 0 Å². The number of hydrogen-bond acceptors (Lipinski definition) is 2. The molecule has 0 aromatic heterocycles. The van der Waals surface area contributed by atoms with E-state index in [1.165, 1.54) is 32.1 Å². The second-order valence-corrected chi connectivity index (χ2v) is 5.74. The van der Waals surface area contributed by atoms with Gasteiger partial charge in [-0.25, -0.2) is 0 Å². The van der Waals surface area contributed by atoms with Gasteiger partial charge in [-0.3, -0.25) is 4.79 Å². The highest BCUT2D eigenvalue weighted by Gasteiger charge is 2.50. The van der Waals surface area contributed by atoms with Crippen LogP contribution in [-0.2, 0) is 4.79 Å². The van der Waals surface area contributed by atoms with Gasteiger partial charge in [-0.2, -0.15) is 0 Å². The summed E-state index contributed by atoms with van der Waals surface area (Å²) in [5, 5.41) is 12.8. The topological polar surface area (TPSA) is 49.3 Å². The first-order valence-electron chi connectivity index (χ1n) is 7.20. The third kappa shape index (κ3) is 2.82. The van der Waals surface area contributed by atoms with Crippen LogP contribution in [0, 0.1) is 17.8 Å². The highest BCUT2D eigenvalue weighted by Crippen LogP contribution is 2.48. The molecular formula is C14H25NO2. The first-order chi connectivity index (χ1) is 8.24. The Morgan fingerprint density at radius 1 is 1.24 bits per heavy atom. The van der Waals surface area contributed by atoms with E-state index < -0.39 is 5.97 Å². The minimum atomic E-state index is -0.580.